The Morgan fingerprint density at radius 1 is 1.27 bits per heavy atom. The minimum Gasteiger partial charge on any atom is -0.351 e. The topological polar surface area (TPSA) is 71.1 Å². The molecule has 0 fully saturated rings. The predicted octanol–water partition coefficient (Wildman–Crippen LogP) is 3.76. The highest BCUT2D eigenvalue weighted by Crippen LogP contribution is 2.36. The minimum atomic E-state index is -0.392. The molecular formula is C19H17N5OS. The van der Waals surface area contributed by atoms with E-state index in [1.807, 2.05) is 46.3 Å². The second-order valence-corrected chi connectivity index (χ2v) is 7.00. The van der Waals surface area contributed by atoms with Gasteiger partial charge in [-0.2, -0.15) is 10.2 Å². The maximum atomic E-state index is 12.9. The van der Waals surface area contributed by atoms with Crippen LogP contribution in [-0.4, -0.2) is 27.5 Å². The first-order valence-electron chi connectivity index (χ1n) is 8.39. The van der Waals surface area contributed by atoms with Gasteiger partial charge in [0.2, 0.25) is 0 Å². The summed E-state index contributed by atoms with van der Waals surface area (Å²) in [5.74, 6) is 2.46. The highest BCUT2D eigenvalue weighted by molar-refractivity contribution is 7.15. The van der Waals surface area contributed by atoms with Gasteiger partial charge in [0.05, 0.1) is 0 Å². The zero-order chi connectivity index (χ0) is 18.0. The fraction of sp³-hybridized carbons (Fsp3) is 0.263. The van der Waals surface area contributed by atoms with Gasteiger partial charge in [0.1, 0.15) is 11.4 Å². The van der Waals surface area contributed by atoms with Gasteiger partial charge in [-0.1, -0.05) is 30.3 Å². The van der Waals surface area contributed by atoms with Crippen LogP contribution < -0.4 is 5.32 Å². The maximum Gasteiger partial charge on any atom is 0.270 e. The molecule has 0 unspecified atom stereocenters. The molecule has 0 atom stereocenters. The van der Waals surface area contributed by atoms with E-state index in [-0.39, 0.29) is 5.91 Å². The van der Waals surface area contributed by atoms with E-state index in [1.165, 1.54) is 11.3 Å². The Hall–Kier alpha value is -2.98. The largest absolute Gasteiger partial charge is 0.351 e. The fourth-order valence-electron chi connectivity index (χ4n) is 2.93. The number of nitrogens with one attached hydrogen (secondary N) is 1. The molecule has 1 aliphatic rings. The number of thiazole rings is 1. The highest BCUT2D eigenvalue weighted by Gasteiger charge is 2.38. The van der Waals surface area contributed by atoms with Crippen molar-refractivity contribution in [3.05, 3.63) is 47.6 Å². The average molecular weight is 363 g/mol. The number of hydrogen-bond acceptors (Lipinski definition) is 5. The predicted molar refractivity (Wildman–Crippen MR) is 101 cm³/mol. The molecule has 3 aromatic rings. The summed E-state index contributed by atoms with van der Waals surface area (Å²) in [6, 6.07) is 9.74. The lowest BCUT2D eigenvalue weighted by molar-refractivity contribution is 0.0947. The first-order valence-corrected chi connectivity index (χ1v) is 9.27. The SMILES string of the molecule is C#CCCC1(CCNC(=O)c2c(-c3ccccc3)nc3sccn23)N=N1. The fourth-order valence-corrected chi connectivity index (χ4v) is 3.64. The highest BCUT2D eigenvalue weighted by atomic mass is 32.1. The van der Waals surface area contributed by atoms with Crippen LogP contribution in [-0.2, 0) is 0 Å². The van der Waals surface area contributed by atoms with Crippen molar-refractivity contribution in [2.24, 2.45) is 10.2 Å². The summed E-state index contributed by atoms with van der Waals surface area (Å²) < 4.78 is 1.84. The van der Waals surface area contributed by atoms with E-state index in [0.29, 0.717) is 30.8 Å². The van der Waals surface area contributed by atoms with Crippen molar-refractivity contribution in [1.82, 2.24) is 14.7 Å². The molecule has 6 nitrogen and oxygen atoms in total. The van der Waals surface area contributed by atoms with Crippen molar-refractivity contribution < 1.29 is 4.79 Å². The number of imidazole rings is 1. The Kier molecular flexibility index (Phi) is 4.27. The van der Waals surface area contributed by atoms with E-state index < -0.39 is 5.66 Å². The quantitative estimate of drug-likeness (QED) is 0.649. The molecule has 130 valence electrons. The number of hydrogen-bond donors (Lipinski definition) is 1. The molecule has 0 saturated carbocycles. The molecule has 0 radical (unpaired) electrons. The lowest BCUT2D eigenvalue weighted by Crippen LogP contribution is -2.29. The van der Waals surface area contributed by atoms with Gasteiger partial charge in [-0.25, -0.2) is 4.98 Å². The van der Waals surface area contributed by atoms with E-state index >= 15 is 0 Å². The van der Waals surface area contributed by atoms with Crippen LogP contribution in [0, 0.1) is 12.3 Å². The maximum absolute atomic E-state index is 12.9. The van der Waals surface area contributed by atoms with E-state index in [0.717, 1.165) is 16.9 Å². The molecule has 26 heavy (non-hydrogen) atoms. The first-order chi connectivity index (χ1) is 12.7. The van der Waals surface area contributed by atoms with Crippen LogP contribution in [0.15, 0.2) is 52.1 Å². The monoisotopic (exact) mass is 363 g/mol. The van der Waals surface area contributed by atoms with Crippen molar-refractivity contribution >= 4 is 22.2 Å². The molecule has 0 spiro atoms. The molecular weight excluding hydrogens is 346 g/mol. The van der Waals surface area contributed by atoms with Crippen LogP contribution in [0.2, 0.25) is 0 Å². The molecule has 3 heterocycles. The van der Waals surface area contributed by atoms with Gasteiger partial charge in [0.15, 0.2) is 10.6 Å². The lowest BCUT2D eigenvalue weighted by Gasteiger charge is -2.10. The van der Waals surface area contributed by atoms with Gasteiger partial charge in [-0.15, -0.1) is 23.7 Å². The summed E-state index contributed by atoms with van der Waals surface area (Å²) in [6.45, 7) is 0.488. The van der Waals surface area contributed by atoms with Crippen molar-refractivity contribution in [2.45, 2.75) is 24.9 Å². The van der Waals surface area contributed by atoms with Crippen LogP contribution in [0.4, 0.5) is 0 Å². The van der Waals surface area contributed by atoms with Gasteiger partial charge in [-0.05, 0) is 0 Å². The van der Waals surface area contributed by atoms with Crippen LogP contribution >= 0.6 is 11.3 Å². The molecule has 4 rings (SSSR count). The molecule has 2 aromatic heterocycles. The number of nitrogens with zero attached hydrogens (tertiary/aromatic N) is 4. The van der Waals surface area contributed by atoms with Gasteiger partial charge < -0.3 is 5.32 Å². The van der Waals surface area contributed by atoms with Crippen molar-refractivity contribution in [3.63, 3.8) is 0 Å². The molecule has 7 heteroatoms. The van der Waals surface area contributed by atoms with Gasteiger partial charge in [0, 0.05) is 42.9 Å². The number of fused-ring (bicyclic) bond motifs is 1. The molecule has 1 aromatic carbocycles. The number of aromatic nitrogens is 2. The third-order valence-electron chi connectivity index (χ3n) is 4.39. The molecule has 0 saturated heterocycles. The van der Waals surface area contributed by atoms with Crippen molar-refractivity contribution in [2.75, 3.05) is 6.54 Å². The second kappa shape index (κ2) is 6.73. The Morgan fingerprint density at radius 3 is 2.81 bits per heavy atom. The normalized spacial score (nSPS) is 14.3. The Morgan fingerprint density at radius 2 is 2.08 bits per heavy atom. The van der Waals surface area contributed by atoms with E-state index in [4.69, 9.17) is 6.42 Å². The molecule has 0 aliphatic carbocycles. The third-order valence-corrected chi connectivity index (χ3v) is 5.14. The smallest absolute Gasteiger partial charge is 0.270 e. The van der Waals surface area contributed by atoms with Gasteiger partial charge in [0.25, 0.3) is 5.91 Å². The molecule has 1 N–H and O–H groups in total. The summed E-state index contributed by atoms with van der Waals surface area (Å²) in [6.07, 6.45) is 9.20. The van der Waals surface area contributed by atoms with Crippen LogP contribution in [0.25, 0.3) is 16.2 Å². The Bertz CT molecular complexity index is 1010. The van der Waals surface area contributed by atoms with Crippen molar-refractivity contribution in [3.8, 4) is 23.6 Å². The standard InChI is InChI=1S/C19H17N5OS/c1-2-3-9-19(22-23-19)10-11-20-17(25)16-15(14-7-5-4-6-8-14)21-18-24(16)12-13-26-18/h1,4-8,12-13H,3,9-11H2,(H,20,25). The number of rotatable bonds is 7. The van der Waals surface area contributed by atoms with Crippen molar-refractivity contribution in [1.29, 1.82) is 0 Å². The summed E-state index contributed by atoms with van der Waals surface area (Å²) in [5.41, 5.74) is 1.77. The average Bonchev–Trinajstić information content (AvgIpc) is 3.11. The summed E-state index contributed by atoms with van der Waals surface area (Å²) in [4.78, 5) is 18.3. The zero-order valence-corrected chi connectivity index (χ0v) is 14.9. The third kappa shape index (κ3) is 3.11. The van der Waals surface area contributed by atoms with E-state index in [9.17, 15) is 4.79 Å². The summed E-state index contributed by atoms with van der Waals surface area (Å²) in [7, 11) is 0. The second-order valence-electron chi connectivity index (χ2n) is 6.12. The summed E-state index contributed by atoms with van der Waals surface area (Å²) in [5, 5.41) is 13.1. The van der Waals surface area contributed by atoms with Crippen LogP contribution in [0.1, 0.15) is 29.8 Å². The first kappa shape index (κ1) is 16.5. The van der Waals surface area contributed by atoms with Crippen LogP contribution in [0.5, 0.6) is 0 Å². The van der Waals surface area contributed by atoms with Gasteiger partial charge >= 0.3 is 0 Å². The molecule has 1 amide bonds. The Balaban J connectivity index is 1.52. The molecule has 0 bridgehead atoms. The van der Waals surface area contributed by atoms with E-state index in [1.54, 1.807) is 0 Å². The lowest BCUT2D eigenvalue weighted by atomic mass is 10.0. The van der Waals surface area contributed by atoms with Crippen LogP contribution in [0.3, 0.4) is 0 Å². The van der Waals surface area contributed by atoms with E-state index in [2.05, 4.69) is 26.4 Å². The number of carbonyl (C=O) groups is 1. The zero-order valence-electron chi connectivity index (χ0n) is 14.1. The number of terminal acetylenes is 1. The number of carbonyl (C=O) groups excluding carboxylic acids is 1. The number of benzene rings is 1. The minimum absolute atomic E-state index is 0.150. The Labute approximate surface area is 155 Å². The molecule has 1 aliphatic heterocycles. The van der Waals surface area contributed by atoms with Gasteiger partial charge in [-0.3, -0.25) is 9.20 Å². The summed E-state index contributed by atoms with van der Waals surface area (Å²) >= 11 is 1.50. The number of amides is 1.